The third-order valence-electron chi connectivity index (χ3n) is 1.44. The van der Waals surface area contributed by atoms with Crippen molar-refractivity contribution in [3.05, 3.63) is 35.9 Å². The van der Waals surface area contributed by atoms with Crippen LogP contribution in [0.2, 0.25) is 0 Å². The Morgan fingerprint density at radius 3 is 2.27 bits per heavy atom. The van der Waals surface area contributed by atoms with Gasteiger partial charge in [0.25, 0.3) is 0 Å². The van der Waals surface area contributed by atoms with Crippen molar-refractivity contribution in [2.75, 3.05) is 13.2 Å². The monoisotopic (exact) mass is 212 g/mol. The molecular weight excluding hydrogens is 191 g/mol. The molecule has 15 heavy (non-hydrogen) atoms. The molecule has 0 spiro atoms. The van der Waals surface area contributed by atoms with Crippen LogP contribution in [-0.2, 0) is 6.54 Å². The summed E-state index contributed by atoms with van der Waals surface area (Å²) in [6.07, 6.45) is 0. The molecule has 0 aromatic heterocycles. The lowest BCUT2D eigenvalue weighted by atomic mass is 10.2. The largest absolute Gasteiger partial charge is 0.328 e. The summed E-state index contributed by atoms with van der Waals surface area (Å²) in [4.78, 5) is 0. The fraction of sp³-hybridized carbons (Fsp3) is 0.500. The minimum Gasteiger partial charge on any atom is -0.328 e. The second-order valence-electron chi connectivity index (χ2n) is 3.60. The number of hydrogen-bond acceptors (Lipinski definition) is 2. The Kier molecular flexibility index (Phi) is 9.02. The predicted molar refractivity (Wildman–Crippen MR) is 63.4 cm³/mol. The van der Waals surface area contributed by atoms with E-state index < -0.39 is 0 Å². The first-order chi connectivity index (χ1) is 7.16. The van der Waals surface area contributed by atoms with Gasteiger partial charge in [0.2, 0.25) is 0 Å². The highest BCUT2D eigenvalue weighted by Crippen LogP contribution is 1.96. The van der Waals surface area contributed by atoms with Gasteiger partial charge in [-0.05, 0) is 11.6 Å². The number of nitrogens with one attached hydrogen (secondary N) is 1. The van der Waals surface area contributed by atoms with E-state index in [4.69, 9.17) is 5.73 Å². The Hall–Kier alpha value is -0.930. The molecule has 0 amide bonds. The van der Waals surface area contributed by atoms with Crippen molar-refractivity contribution in [3.63, 3.8) is 0 Å². The number of halogens is 1. The van der Waals surface area contributed by atoms with Crippen LogP contribution in [0.15, 0.2) is 30.3 Å². The molecule has 3 N–H and O–H groups in total. The maximum atomic E-state index is 11.6. The first kappa shape index (κ1) is 14.1. The summed E-state index contributed by atoms with van der Waals surface area (Å²) >= 11 is 0. The van der Waals surface area contributed by atoms with Crippen molar-refractivity contribution in [2.45, 2.75) is 26.4 Å². The van der Waals surface area contributed by atoms with Gasteiger partial charge >= 0.3 is 0 Å². The molecular formula is C12H21FN2. The molecule has 0 heterocycles. The summed E-state index contributed by atoms with van der Waals surface area (Å²) in [6, 6.07) is 10.3. The molecule has 86 valence electrons. The van der Waals surface area contributed by atoms with Crippen molar-refractivity contribution in [1.29, 1.82) is 0 Å². The van der Waals surface area contributed by atoms with Crippen LogP contribution < -0.4 is 11.1 Å². The summed E-state index contributed by atoms with van der Waals surface area (Å²) in [6.45, 7) is 4.78. The van der Waals surface area contributed by atoms with Crippen molar-refractivity contribution >= 4 is 0 Å². The normalized spacial score (nSPS) is 9.67. The second kappa shape index (κ2) is 9.62. The van der Waals surface area contributed by atoms with Crippen LogP contribution in [0.5, 0.6) is 0 Å². The SMILES string of the molecule is CC(C)N.FCCNCc1ccccc1. The molecule has 0 atom stereocenters. The van der Waals surface area contributed by atoms with E-state index in [0.717, 1.165) is 6.54 Å². The summed E-state index contributed by atoms with van der Waals surface area (Å²) in [5.41, 5.74) is 6.31. The number of alkyl halides is 1. The number of rotatable bonds is 4. The zero-order valence-electron chi connectivity index (χ0n) is 9.54. The Labute approximate surface area is 91.7 Å². The Bertz CT molecular complexity index is 222. The van der Waals surface area contributed by atoms with Gasteiger partial charge in [0, 0.05) is 13.1 Å². The van der Waals surface area contributed by atoms with Crippen molar-refractivity contribution in [2.24, 2.45) is 5.73 Å². The minimum atomic E-state index is -0.299. The smallest absolute Gasteiger partial charge is 0.102 e. The summed E-state index contributed by atoms with van der Waals surface area (Å²) < 4.78 is 11.6. The third kappa shape index (κ3) is 11.0. The Balaban J connectivity index is 0.000000423. The minimum absolute atomic E-state index is 0.299. The van der Waals surface area contributed by atoms with Gasteiger partial charge in [-0.1, -0.05) is 44.2 Å². The molecule has 0 aliphatic carbocycles. The molecule has 0 radical (unpaired) electrons. The Morgan fingerprint density at radius 2 is 1.80 bits per heavy atom. The fourth-order valence-corrected chi connectivity index (χ4v) is 0.895. The highest BCUT2D eigenvalue weighted by Gasteiger charge is 1.88. The van der Waals surface area contributed by atoms with Crippen molar-refractivity contribution < 1.29 is 4.39 Å². The quantitative estimate of drug-likeness (QED) is 0.750. The average Bonchev–Trinajstić information content (AvgIpc) is 2.19. The summed E-state index contributed by atoms with van der Waals surface area (Å²) in [5.74, 6) is 0. The first-order valence-electron chi connectivity index (χ1n) is 5.23. The maximum Gasteiger partial charge on any atom is 0.102 e. The molecule has 0 fully saturated rings. The van der Waals surface area contributed by atoms with E-state index in [2.05, 4.69) is 5.32 Å². The standard InChI is InChI=1S/C9H12FN.C3H9N/c10-6-7-11-8-9-4-2-1-3-5-9;1-3(2)4/h1-5,11H,6-8H2;3H,4H2,1-2H3. The van der Waals surface area contributed by atoms with Crippen LogP contribution in [-0.4, -0.2) is 19.3 Å². The number of hydrogen-bond donors (Lipinski definition) is 2. The van der Waals surface area contributed by atoms with E-state index in [0.29, 0.717) is 12.6 Å². The van der Waals surface area contributed by atoms with Gasteiger partial charge in [0.1, 0.15) is 6.67 Å². The van der Waals surface area contributed by atoms with Gasteiger partial charge in [-0.3, -0.25) is 0 Å². The van der Waals surface area contributed by atoms with E-state index >= 15 is 0 Å². The molecule has 0 aliphatic rings. The highest BCUT2D eigenvalue weighted by molar-refractivity contribution is 5.14. The van der Waals surface area contributed by atoms with Gasteiger partial charge < -0.3 is 11.1 Å². The van der Waals surface area contributed by atoms with Gasteiger partial charge in [-0.15, -0.1) is 0 Å². The molecule has 0 bridgehead atoms. The van der Waals surface area contributed by atoms with Gasteiger partial charge in [-0.25, -0.2) is 4.39 Å². The van der Waals surface area contributed by atoms with Crippen molar-refractivity contribution in [3.8, 4) is 0 Å². The molecule has 0 saturated heterocycles. The lowest BCUT2D eigenvalue weighted by Gasteiger charge is -2.00. The molecule has 3 heteroatoms. The summed E-state index contributed by atoms with van der Waals surface area (Å²) in [5, 5.41) is 2.98. The Morgan fingerprint density at radius 1 is 1.27 bits per heavy atom. The van der Waals surface area contributed by atoms with Gasteiger partial charge in [0.15, 0.2) is 0 Å². The van der Waals surface area contributed by atoms with E-state index in [1.165, 1.54) is 5.56 Å². The fourth-order valence-electron chi connectivity index (χ4n) is 0.895. The zero-order chi connectivity index (χ0) is 11.5. The van der Waals surface area contributed by atoms with Crippen LogP contribution in [0.25, 0.3) is 0 Å². The first-order valence-corrected chi connectivity index (χ1v) is 5.23. The van der Waals surface area contributed by atoms with Crippen LogP contribution >= 0.6 is 0 Å². The van der Waals surface area contributed by atoms with Gasteiger partial charge in [0.05, 0.1) is 0 Å². The topological polar surface area (TPSA) is 38.0 Å². The van der Waals surface area contributed by atoms with Crippen LogP contribution in [0, 0.1) is 0 Å². The average molecular weight is 212 g/mol. The molecule has 1 aromatic carbocycles. The third-order valence-corrected chi connectivity index (χ3v) is 1.44. The maximum absolute atomic E-state index is 11.6. The number of nitrogens with two attached hydrogens (primary N) is 1. The molecule has 1 rings (SSSR count). The van der Waals surface area contributed by atoms with Crippen molar-refractivity contribution in [1.82, 2.24) is 5.32 Å². The van der Waals surface area contributed by atoms with Gasteiger partial charge in [-0.2, -0.15) is 0 Å². The van der Waals surface area contributed by atoms with Crippen LogP contribution in [0.1, 0.15) is 19.4 Å². The van der Waals surface area contributed by atoms with E-state index in [9.17, 15) is 4.39 Å². The van der Waals surface area contributed by atoms with E-state index in [-0.39, 0.29) is 6.67 Å². The molecule has 2 nitrogen and oxygen atoms in total. The molecule has 1 aromatic rings. The summed E-state index contributed by atoms with van der Waals surface area (Å²) in [7, 11) is 0. The van der Waals surface area contributed by atoms with E-state index in [1.807, 2.05) is 44.2 Å². The second-order valence-corrected chi connectivity index (χ2v) is 3.60. The zero-order valence-corrected chi connectivity index (χ0v) is 9.54. The molecule has 0 saturated carbocycles. The predicted octanol–water partition coefficient (Wildman–Crippen LogP) is 2.10. The highest BCUT2D eigenvalue weighted by atomic mass is 19.1. The van der Waals surface area contributed by atoms with Crippen LogP contribution in [0.4, 0.5) is 4.39 Å². The molecule has 0 aliphatic heterocycles. The lowest BCUT2D eigenvalue weighted by Crippen LogP contribution is -2.15. The van der Waals surface area contributed by atoms with E-state index in [1.54, 1.807) is 0 Å². The van der Waals surface area contributed by atoms with Crippen LogP contribution in [0.3, 0.4) is 0 Å². The number of benzene rings is 1. The lowest BCUT2D eigenvalue weighted by molar-refractivity contribution is 0.467. The molecule has 0 unspecified atom stereocenters.